The predicted octanol–water partition coefficient (Wildman–Crippen LogP) is 3.14. The summed E-state index contributed by atoms with van der Waals surface area (Å²) in [5.41, 5.74) is 1.93. The molecule has 0 unspecified atom stereocenters. The summed E-state index contributed by atoms with van der Waals surface area (Å²) in [4.78, 5) is 35.6. The highest BCUT2D eigenvalue weighted by Gasteiger charge is 2.22. The summed E-state index contributed by atoms with van der Waals surface area (Å²) in [6.07, 6.45) is -0.563. The van der Waals surface area contributed by atoms with Crippen LogP contribution in [0.2, 0.25) is 0 Å². The number of ether oxygens (including phenoxy) is 1. The maximum atomic E-state index is 13.1. The molecule has 0 bridgehead atoms. The first-order valence-corrected chi connectivity index (χ1v) is 7.96. The maximum Gasteiger partial charge on any atom is 0.374 e. The van der Waals surface area contributed by atoms with Gasteiger partial charge in [0, 0.05) is 17.4 Å². The van der Waals surface area contributed by atoms with E-state index >= 15 is 0 Å². The summed E-state index contributed by atoms with van der Waals surface area (Å²) < 4.78 is 19.3. The molecule has 0 saturated carbocycles. The summed E-state index contributed by atoms with van der Waals surface area (Å²) in [5, 5.41) is 0.837. The average molecular weight is 353 g/mol. The van der Waals surface area contributed by atoms with E-state index in [1.165, 1.54) is 12.1 Å². The molecule has 26 heavy (non-hydrogen) atoms. The Balaban J connectivity index is 1.99. The Bertz CT molecular complexity index is 989. The van der Waals surface area contributed by atoms with Crippen LogP contribution in [0.25, 0.3) is 10.9 Å². The largest absolute Gasteiger partial charge is 0.463 e. The lowest BCUT2D eigenvalue weighted by Gasteiger charge is -2.10. The quantitative estimate of drug-likeness (QED) is 0.296. The van der Waals surface area contributed by atoms with Crippen molar-refractivity contribution in [1.29, 1.82) is 0 Å². The Morgan fingerprint density at radius 3 is 2.42 bits per heavy atom. The van der Waals surface area contributed by atoms with Crippen molar-refractivity contribution in [3.8, 4) is 0 Å². The van der Waals surface area contributed by atoms with Gasteiger partial charge in [0.2, 0.25) is 5.78 Å². The highest BCUT2D eigenvalue weighted by atomic mass is 19.1. The lowest BCUT2D eigenvalue weighted by Crippen LogP contribution is -2.21. The first-order valence-electron chi connectivity index (χ1n) is 7.96. The van der Waals surface area contributed by atoms with Gasteiger partial charge in [-0.15, -0.1) is 0 Å². The summed E-state index contributed by atoms with van der Waals surface area (Å²) in [5.74, 6) is -2.75. The standard InChI is InChI=1S/C20H16FNO4/c1-26-20(25)19(24)11-18(23)17-10-14-4-2-3-5-16(14)22(17)12-13-6-8-15(21)9-7-13/h2-10H,11-12H2,1H3. The maximum absolute atomic E-state index is 13.1. The van der Waals surface area contributed by atoms with Gasteiger partial charge >= 0.3 is 5.97 Å². The zero-order chi connectivity index (χ0) is 18.7. The molecule has 0 amide bonds. The third-order valence-corrected chi connectivity index (χ3v) is 4.08. The van der Waals surface area contributed by atoms with Gasteiger partial charge in [0.05, 0.1) is 19.2 Å². The number of hydrogen-bond acceptors (Lipinski definition) is 4. The summed E-state index contributed by atoms with van der Waals surface area (Å²) in [7, 11) is 1.09. The molecule has 0 aliphatic carbocycles. The summed E-state index contributed by atoms with van der Waals surface area (Å²) >= 11 is 0. The Hall–Kier alpha value is -3.28. The van der Waals surface area contributed by atoms with Crippen molar-refractivity contribution < 1.29 is 23.5 Å². The number of carbonyl (C=O) groups excluding carboxylic acids is 3. The number of fused-ring (bicyclic) bond motifs is 1. The van der Waals surface area contributed by atoms with Crippen molar-refractivity contribution in [2.75, 3.05) is 7.11 Å². The van der Waals surface area contributed by atoms with Gasteiger partial charge in [-0.2, -0.15) is 0 Å². The molecule has 0 radical (unpaired) electrons. The Morgan fingerprint density at radius 2 is 1.73 bits per heavy atom. The molecule has 0 N–H and O–H groups in total. The second-order valence-corrected chi connectivity index (χ2v) is 5.82. The minimum Gasteiger partial charge on any atom is -0.463 e. The van der Waals surface area contributed by atoms with E-state index in [1.807, 2.05) is 24.3 Å². The molecule has 0 aliphatic rings. The number of ketones is 2. The second kappa shape index (κ2) is 7.31. The smallest absolute Gasteiger partial charge is 0.374 e. The lowest BCUT2D eigenvalue weighted by atomic mass is 10.1. The van der Waals surface area contributed by atoms with Gasteiger partial charge < -0.3 is 9.30 Å². The van der Waals surface area contributed by atoms with Crippen LogP contribution in [0, 0.1) is 5.82 Å². The third-order valence-electron chi connectivity index (χ3n) is 4.08. The molecule has 0 fully saturated rings. The number of aromatic nitrogens is 1. The number of hydrogen-bond donors (Lipinski definition) is 0. The van der Waals surface area contributed by atoms with E-state index in [0.717, 1.165) is 23.6 Å². The van der Waals surface area contributed by atoms with E-state index in [4.69, 9.17) is 0 Å². The molecule has 132 valence electrons. The molecule has 1 aromatic heterocycles. The Kier molecular flexibility index (Phi) is 4.93. The van der Waals surface area contributed by atoms with Crippen LogP contribution < -0.4 is 0 Å². The molecule has 3 rings (SSSR count). The molecule has 2 aromatic carbocycles. The van der Waals surface area contributed by atoms with Gasteiger partial charge in [-0.3, -0.25) is 9.59 Å². The van der Waals surface area contributed by atoms with Gasteiger partial charge in [-0.1, -0.05) is 30.3 Å². The number of esters is 1. The van der Waals surface area contributed by atoms with Crippen LogP contribution in [-0.4, -0.2) is 29.2 Å². The number of para-hydroxylation sites is 1. The van der Waals surface area contributed by atoms with E-state index in [-0.39, 0.29) is 5.82 Å². The predicted molar refractivity (Wildman–Crippen MR) is 93.4 cm³/mol. The van der Waals surface area contributed by atoms with Crippen molar-refractivity contribution >= 4 is 28.4 Å². The normalized spacial score (nSPS) is 10.7. The SMILES string of the molecule is COC(=O)C(=O)CC(=O)c1cc2ccccc2n1Cc1ccc(F)cc1. The highest BCUT2D eigenvalue weighted by molar-refractivity contribution is 6.38. The van der Waals surface area contributed by atoms with E-state index in [2.05, 4.69) is 4.74 Å². The van der Waals surface area contributed by atoms with Gasteiger partial charge in [0.1, 0.15) is 5.82 Å². The zero-order valence-electron chi connectivity index (χ0n) is 14.1. The zero-order valence-corrected chi connectivity index (χ0v) is 14.1. The fourth-order valence-corrected chi connectivity index (χ4v) is 2.81. The molecular weight excluding hydrogens is 337 g/mol. The van der Waals surface area contributed by atoms with Gasteiger partial charge in [-0.05, 0) is 29.8 Å². The van der Waals surface area contributed by atoms with Gasteiger partial charge in [0.15, 0.2) is 5.78 Å². The van der Waals surface area contributed by atoms with Crippen molar-refractivity contribution in [3.63, 3.8) is 0 Å². The minimum atomic E-state index is -1.04. The lowest BCUT2D eigenvalue weighted by molar-refractivity contribution is -0.151. The number of rotatable bonds is 6. The molecule has 5 nitrogen and oxygen atoms in total. The van der Waals surface area contributed by atoms with E-state index in [9.17, 15) is 18.8 Å². The number of Topliss-reactive ketones (excluding diaryl/α,β-unsaturated/α-hetero) is 2. The van der Waals surface area contributed by atoms with Gasteiger partial charge in [-0.25, -0.2) is 9.18 Å². The first kappa shape index (κ1) is 17.5. The van der Waals surface area contributed by atoms with Crippen LogP contribution in [0.3, 0.4) is 0 Å². The van der Waals surface area contributed by atoms with Crippen LogP contribution in [0.4, 0.5) is 4.39 Å². The highest BCUT2D eigenvalue weighted by Crippen LogP contribution is 2.22. The number of benzene rings is 2. The number of methoxy groups -OCH3 is 1. The minimum absolute atomic E-state index is 0.313. The Morgan fingerprint density at radius 1 is 1.04 bits per heavy atom. The van der Waals surface area contributed by atoms with E-state index < -0.39 is 24.0 Å². The molecule has 0 saturated heterocycles. The third kappa shape index (κ3) is 3.54. The molecule has 0 spiro atoms. The van der Waals surface area contributed by atoms with E-state index in [0.29, 0.717) is 12.2 Å². The molecule has 0 aliphatic heterocycles. The van der Waals surface area contributed by atoms with Crippen LogP contribution in [0.15, 0.2) is 54.6 Å². The summed E-state index contributed by atoms with van der Waals surface area (Å²) in [6.45, 7) is 0.335. The molecule has 3 aromatic rings. The van der Waals surface area contributed by atoms with E-state index in [1.54, 1.807) is 22.8 Å². The van der Waals surface area contributed by atoms with Crippen LogP contribution >= 0.6 is 0 Å². The van der Waals surface area contributed by atoms with Crippen LogP contribution in [0.5, 0.6) is 0 Å². The average Bonchev–Trinajstić information content (AvgIpc) is 3.01. The topological polar surface area (TPSA) is 65.4 Å². The van der Waals surface area contributed by atoms with Crippen LogP contribution in [0.1, 0.15) is 22.5 Å². The number of carbonyl (C=O) groups is 3. The van der Waals surface area contributed by atoms with Crippen molar-refractivity contribution in [3.05, 3.63) is 71.7 Å². The number of nitrogens with zero attached hydrogens (tertiary/aromatic N) is 1. The summed E-state index contributed by atoms with van der Waals surface area (Å²) in [6, 6.07) is 15.1. The van der Waals surface area contributed by atoms with Crippen molar-refractivity contribution in [2.24, 2.45) is 0 Å². The molecule has 0 atom stereocenters. The van der Waals surface area contributed by atoms with Crippen molar-refractivity contribution in [2.45, 2.75) is 13.0 Å². The van der Waals surface area contributed by atoms with Crippen LogP contribution in [-0.2, 0) is 20.9 Å². The fourth-order valence-electron chi connectivity index (χ4n) is 2.81. The first-order chi connectivity index (χ1) is 12.5. The second-order valence-electron chi connectivity index (χ2n) is 5.82. The molecular formula is C20H16FNO4. The Labute approximate surface area is 149 Å². The molecule has 6 heteroatoms. The van der Waals surface area contributed by atoms with Gasteiger partial charge in [0.25, 0.3) is 0 Å². The molecule has 1 heterocycles. The number of halogens is 1. The van der Waals surface area contributed by atoms with Crippen molar-refractivity contribution in [1.82, 2.24) is 4.57 Å². The monoisotopic (exact) mass is 353 g/mol. The fraction of sp³-hybridized carbons (Fsp3) is 0.150.